The van der Waals surface area contributed by atoms with E-state index >= 15 is 0 Å². The summed E-state index contributed by atoms with van der Waals surface area (Å²) in [6.45, 7) is 5.26. The van der Waals surface area contributed by atoms with Gasteiger partial charge in [0.15, 0.2) is 0 Å². The quantitative estimate of drug-likeness (QED) is 0.646. The number of carbonyl (C=O) groups excluding carboxylic acids is 3. The molecule has 7 heteroatoms. The molecular formula is C25H37N3O4. The Hall–Kier alpha value is -2.57. The highest BCUT2D eigenvalue weighted by Crippen LogP contribution is 2.29. The molecule has 1 aromatic carbocycles. The maximum Gasteiger partial charge on any atom is 0.252 e. The van der Waals surface area contributed by atoms with E-state index in [1.165, 1.54) is 0 Å². The van der Waals surface area contributed by atoms with Crippen LogP contribution in [0.1, 0.15) is 69.2 Å². The molecule has 3 amide bonds. The van der Waals surface area contributed by atoms with Gasteiger partial charge in [0.1, 0.15) is 11.8 Å². The number of likely N-dealkylation sites (tertiary alicyclic amines) is 1. The summed E-state index contributed by atoms with van der Waals surface area (Å²) in [7, 11) is 1.56. The number of nitrogens with one attached hydrogen (secondary N) is 2. The average molecular weight is 444 g/mol. The minimum absolute atomic E-state index is 0.0127. The van der Waals surface area contributed by atoms with Gasteiger partial charge in [0.05, 0.1) is 7.11 Å². The monoisotopic (exact) mass is 443 g/mol. The molecule has 2 atom stereocenters. The van der Waals surface area contributed by atoms with Crippen molar-refractivity contribution in [1.29, 1.82) is 0 Å². The number of piperidine rings is 1. The van der Waals surface area contributed by atoms with Crippen LogP contribution in [0.25, 0.3) is 0 Å². The number of benzene rings is 1. The number of amides is 3. The van der Waals surface area contributed by atoms with Crippen molar-refractivity contribution >= 4 is 17.7 Å². The molecule has 1 aliphatic heterocycles. The van der Waals surface area contributed by atoms with Gasteiger partial charge in [-0.2, -0.15) is 0 Å². The molecule has 1 aliphatic carbocycles. The minimum Gasteiger partial charge on any atom is -0.497 e. The van der Waals surface area contributed by atoms with Gasteiger partial charge in [-0.05, 0) is 63.1 Å². The van der Waals surface area contributed by atoms with E-state index in [9.17, 15) is 14.4 Å². The van der Waals surface area contributed by atoms with Gasteiger partial charge >= 0.3 is 0 Å². The second kappa shape index (κ2) is 11.3. The van der Waals surface area contributed by atoms with Gasteiger partial charge in [-0.3, -0.25) is 14.4 Å². The summed E-state index contributed by atoms with van der Waals surface area (Å²) in [5, 5.41) is 6.00. The lowest BCUT2D eigenvalue weighted by atomic mass is 9.87. The molecule has 176 valence electrons. The SMILES string of the molecule is CC[C@@H](C)NC(=O)[C@H](NC(=O)c1cccc(OC)c1)C1CCN(C(=O)C2CCCC2)CC1. The van der Waals surface area contributed by atoms with E-state index in [0.29, 0.717) is 37.2 Å². The van der Waals surface area contributed by atoms with Crippen LogP contribution >= 0.6 is 0 Å². The van der Waals surface area contributed by atoms with E-state index in [2.05, 4.69) is 10.6 Å². The third-order valence-electron chi connectivity index (χ3n) is 6.93. The predicted octanol–water partition coefficient (Wildman–Crippen LogP) is 3.14. The van der Waals surface area contributed by atoms with Gasteiger partial charge in [-0.15, -0.1) is 0 Å². The highest BCUT2D eigenvalue weighted by molar-refractivity contribution is 5.98. The van der Waals surface area contributed by atoms with Crippen LogP contribution in [0.5, 0.6) is 5.75 Å². The third kappa shape index (κ3) is 6.02. The first-order valence-corrected chi connectivity index (χ1v) is 12.0. The van der Waals surface area contributed by atoms with Gasteiger partial charge in [0, 0.05) is 30.6 Å². The summed E-state index contributed by atoms with van der Waals surface area (Å²) in [5.41, 5.74) is 0.458. The van der Waals surface area contributed by atoms with Crippen molar-refractivity contribution in [3.05, 3.63) is 29.8 Å². The molecule has 1 saturated carbocycles. The molecule has 0 radical (unpaired) electrons. The molecule has 1 heterocycles. The van der Waals surface area contributed by atoms with Crippen LogP contribution < -0.4 is 15.4 Å². The van der Waals surface area contributed by atoms with E-state index in [4.69, 9.17) is 4.74 Å². The first-order valence-electron chi connectivity index (χ1n) is 12.0. The topological polar surface area (TPSA) is 87.7 Å². The standard InChI is InChI=1S/C25H37N3O4/c1-4-17(2)26-24(30)22(27-23(29)20-10-7-11-21(16-20)32-3)18-12-14-28(15-13-18)25(31)19-8-5-6-9-19/h7,10-11,16-19,22H,4-6,8-9,12-15H2,1-3H3,(H,26,30)(H,27,29)/t17-,22-/m1/s1. The maximum atomic E-state index is 13.1. The highest BCUT2D eigenvalue weighted by atomic mass is 16.5. The molecule has 32 heavy (non-hydrogen) atoms. The number of rotatable bonds is 8. The molecular weight excluding hydrogens is 406 g/mol. The van der Waals surface area contributed by atoms with Gasteiger partial charge < -0.3 is 20.3 Å². The molecule has 0 spiro atoms. The van der Waals surface area contributed by atoms with Gasteiger partial charge in [-0.25, -0.2) is 0 Å². The van der Waals surface area contributed by atoms with E-state index in [1.54, 1.807) is 31.4 Å². The van der Waals surface area contributed by atoms with Crippen LogP contribution in [-0.4, -0.2) is 54.9 Å². The molecule has 7 nitrogen and oxygen atoms in total. The van der Waals surface area contributed by atoms with E-state index in [0.717, 1.165) is 32.1 Å². The summed E-state index contributed by atoms with van der Waals surface area (Å²) < 4.78 is 5.22. The molecule has 1 aromatic rings. The van der Waals surface area contributed by atoms with Crippen LogP contribution in [0.2, 0.25) is 0 Å². The van der Waals surface area contributed by atoms with Crippen molar-refractivity contribution in [3.8, 4) is 5.75 Å². The first-order chi connectivity index (χ1) is 15.4. The van der Waals surface area contributed by atoms with Crippen molar-refractivity contribution in [2.24, 2.45) is 11.8 Å². The Morgan fingerprint density at radius 1 is 1.09 bits per heavy atom. The zero-order valence-electron chi connectivity index (χ0n) is 19.6. The Balaban J connectivity index is 1.68. The van der Waals surface area contributed by atoms with Crippen LogP contribution in [0.4, 0.5) is 0 Å². The Kier molecular flexibility index (Phi) is 8.53. The van der Waals surface area contributed by atoms with Gasteiger partial charge in [-0.1, -0.05) is 25.8 Å². The predicted molar refractivity (Wildman–Crippen MR) is 123 cm³/mol. The summed E-state index contributed by atoms with van der Waals surface area (Å²) in [4.78, 5) is 40.8. The number of methoxy groups -OCH3 is 1. The fourth-order valence-corrected chi connectivity index (χ4v) is 4.71. The Bertz CT molecular complexity index is 798. The minimum atomic E-state index is -0.633. The fraction of sp³-hybridized carbons (Fsp3) is 0.640. The smallest absolute Gasteiger partial charge is 0.252 e. The molecule has 2 aliphatic rings. The Morgan fingerprint density at radius 3 is 2.41 bits per heavy atom. The molecule has 0 bridgehead atoms. The molecule has 2 fully saturated rings. The number of nitrogens with zero attached hydrogens (tertiary/aromatic N) is 1. The first kappa shape index (κ1) is 24.1. The summed E-state index contributed by atoms with van der Waals surface area (Å²) in [6.07, 6.45) is 6.49. The van der Waals surface area contributed by atoms with Crippen molar-refractivity contribution in [2.75, 3.05) is 20.2 Å². The van der Waals surface area contributed by atoms with Crippen LogP contribution in [-0.2, 0) is 9.59 Å². The van der Waals surface area contributed by atoms with Gasteiger partial charge in [0.25, 0.3) is 5.91 Å². The molecule has 0 unspecified atom stereocenters. The van der Waals surface area contributed by atoms with Crippen molar-refractivity contribution in [2.45, 2.75) is 70.9 Å². The lowest BCUT2D eigenvalue weighted by molar-refractivity contribution is -0.137. The molecule has 0 aromatic heterocycles. The van der Waals surface area contributed by atoms with Crippen LogP contribution in [0.3, 0.4) is 0 Å². The summed E-state index contributed by atoms with van der Waals surface area (Å²) in [6, 6.07) is 6.32. The van der Waals surface area contributed by atoms with Crippen molar-refractivity contribution in [1.82, 2.24) is 15.5 Å². The summed E-state index contributed by atoms with van der Waals surface area (Å²) >= 11 is 0. The average Bonchev–Trinajstić information content (AvgIpc) is 3.37. The number of hydrogen-bond donors (Lipinski definition) is 2. The lowest BCUT2D eigenvalue weighted by Gasteiger charge is -2.37. The third-order valence-corrected chi connectivity index (χ3v) is 6.93. The number of hydrogen-bond acceptors (Lipinski definition) is 4. The lowest BCUT2D eigenvalue weighted by Crippen LogP contribution is -2.55. The second-order valence-corrected chi connectivity index (χ2v) is 9.15. The largest absolute Gasteiger partial charge is 0.497 e. The van der Waals surface area contributed by atoms with Gasteiger partial charge in [0.2, 0.25) is 11.8 Å². The fourth-order valence-electron chi connectivity index (χ4n) is 4.71. The van der Waals surface area contributed by atoms with Crippen molar-refractivity contribution in [3.63, 3.8) is 0 Å². The Morgan fingerprint density at radius 2 is 1.78 bits per heavy atom. The number of carbonyl (C=O) groups is 3. The molecule has 1 saturated heterocycles. The zero-order valence-corrected chi connectivity index (χ0v) is 19.6. The highest BCUT2D eigenvalue weighted by Gasteiger charge is 2.36. The molecule has 2 N–H and O–H groups in total. The zero-order chi connectivity index (χ0) is 23.1. The van der Waals surface area contributed by atoms with Crippen molar-refractivity contribution < 1.29 is 19.1 Å². The number of ether oxygens (including phenoxy) is 1. The maximum absolute atomic E-state index is 13.1. The summed E-state index contributed by atoms with van der Waals surface area (Å²) in [5.74, 6) is 0.567. The normalized spacial score (nSPS) is 19.3. The van der Waals surface area contributed by atoms with Crippen LogP contribution in [0, 0.1) is 11.8 Å². The van der Waals surface area contributed by atoms with E-state index < -0.39 is 6.04 Å². The molecule has 3 rings (SSSR count). The van der Waals surface area contributed by atoms with Crippen LogP contribution in [0.15, 0.2) is 24.3 Å². The Labute approximate surface area is 191 Å². The van der Waals surface area contributed by atoms with E-state index in [-0.39, 0.29) is 35.6 Å². The second-order valence-electron chi connectivity index (χ2n) is 9.15. The van der Waals surface area contributed by atoms with E-state index in [1.807, 2.05) is 18.7 Å².